The smallest absolute Gasteiger partial charge is 0.218 e. The van der Waals surface area contributed by atoms with Gasteiger partial charge in [-0.3, -0.25) is 0 Å². The molecule has 6 heteroatoms. The molecular formula is C16H22N2O3S. The molecular weight excluding hydrogens is 300 g/mol. The fourth-order valence-corrected chi connectivity index (χ4v) is 5.10. The van der Waals surface area contributed by atoms with Crippen LogP contribution in [0.25, 0.3) is 0 Å². The lowest BCUT2D eigenvalue weighted by atomic mass is 9.55. The SMILES string of the molecule is C[C@@H]1[C@H]2CCc3c(O)nc(S)nc3[C@]2(C)CCC12OCCO2. The van der Waals surface area contributed by atoms with E-state index < -0.39 is 5.79 Å². The standard InChI is InChI=1S/C16H22N2O3S/c1-9-11-4-3-10-12(17-14(22)18-13(10)19)15(11,2)5-6-16(9)20-7-8-21-16/h9,11H,3-8H2,1-2H3,(H2,17,18,19,22)/t9-,11-,15-/m1/s1. The number of fused-ring (bicyclic) bond motifs is 3. The second-order valence-corrected chi connectivity index (χ2v) is 7.43. The van der Waals surface area contributed by atoms with E-state index in [0.29, 0.717) is 30.2 Å². The molecule has 2 heterocycles. The highest BCUT2D eigenvalue weighted by Gasteiger charge is 2.57. The zero-order valence-corrected chi connectivity index (χ0v) is 13.9. The lowest BCUT2D eigenvalue weighted by Gasteiger charge is -2.54. The molecule has 120 valence electrons. The maximum atomic E-state index is 10.2. The van der Waals surface area contributed by atoms with Gasteiger partial charge in [-0.1, -0.05) is 13.8 Å². The predicted molar refractivity (Wildman–Crippen MR) is 83.1 cm³/mol. The highest BCUT2D eigenvalue weighted by molar-refractivity contribution is 7.80. The average molecular weight is 322 g/mol. The second-order valence-electron chi connectivity index (χ2n) is 7.03. The van der Waals surface area contributed by atoms with Gasteiger partial charge in [0.15, 0.2) is 10.9 Å². The van der Waals surface area contributed by atoms with E-state index in [2.05, 4.69) is 36.4 Å². The summed E-state index contributed by atoms with van der Waals surface area (Å²) in [5.74, 6) is 0.410. The van der Waals surface area contributed by atoms with E-state index in [9.17, 15) is 5.11 Å². The summed E-state index contributed by atoms with van der Waals surface area (Å²) in [6, 6.07) is 0. The lowest BCUT2D eigenvalue weighted by molar-refractivity contribution is -0.234. The molecule has 2 aliphatic carbocycles. The minimum Gasteiger partial charge on any atom is -0.493 e. The van der Waals surface area contributed by atoms with Crippen molar-refractivity contribution < 1.29 is 14.6 Å². The maximum absolute atomic E-state index is 10.2. The molecule has 1 N–H and O–H groups in total. The first-order chi connectivity index (χ1) is 10.5. The first kappa shape index (κ1) is 14.7. The molecule has 1 aromatic rings. The quantitative estimate of drug-likeness (QED) is 0.567. The van der Waals surface area contributed by atoms with Crippen molar-refractivity contribution in [3.8, 4) is 5.88 Å². The van der Waals surface area contributed by atoms with Gasteiger partial charge in [0.1, 0.15) is 0 Å². The van der Waals surface area contributed by atoms with Crippen LogP contribution in [-0.2, 0) is 21.3 Å². The van der Waals surface area contributed by atoms with Crippen LogP contribution in [0.3, 0.4) is 0 Å². The summed E-state index contributed by atoms with van der Waals surface area (Å²) in [4.78, 5) is 8.60. The molecule has 0 unspecified atom stereocenters. The summed E-state index contributed by atoms with van der Waals surface area (Å²) in [5, 5.41) is 10.5. The number of hydrogen-bond donors (Lipinski definition) is 2. The van der Waals surface area contributed by atoms with Crippen LogP contribution in [0.1, 0.15) is 44.4 Å². The fourth-order valence-electron chi connectivity index (χ4n) is 4.91. The highest BCUT2D eigenvalue weighted by atomic mass is 32.1. The van der Waals surface area contributed by atoms with Crippen molar-refractivity contribution in [1.29, 1.82) is 0 Å². The third-order valence-corrected chi connectivity index (χ3v) is 6.30. The van der Waals surface area contributed by atoms with Gasteiger partial charge in [0.2, 0.25) is 5.88 Å². The highest BCUT2D eigenvalue weighted by Crippen LogP contribution is 2.57. The molecule has 0 amide bonds. The van der Waals surface area contributed by atoms with E-state index in [1.807, 2.05) is 0 Å². The minimum absolute atomic E-state index is 0.0779. The van der Waals surface area contributed by atoms with Crippen molar-refractivity contribution >= 4 is 12.6 Å². The topological polar surface area (TPSA) is 64.5 Å². The molecule has 0 bridgehead atoms. The van der Waals surface area contributed by atoms with Gasteiger partial charge in [-0.25, -0.2) is 4.98 Å². The van der Waals surface area contributed by atoms with Gasteiger partial charge >= 0.3 is 0 Å². The number of rotatable bonds is 0. The minimum atomic E-state index is -0.416. The van der Waals surface area contributed by atoms with Gasteiger partial charge in [0, 0.05) is 23.3 Å². The number of thiol groups is 1. The summed E-state index contributed by atoms with van der Waals surface area (Å²) < 4.78 is 12.0. The van der Waals surface area contributed by atoms with Crippen LogP contribution in [0, 0.1) is 11.8 Å². The summed E-state index contributed by atoms with van der Waals surface area (Å²) in [5.41, 5.74) is 1.79. The van der Waals surface area contributed by atoms with E-state index in [0.717, 1.165) is 36.9 Å². The first-order valence-electron chi connectivity index (χ1n) is 8.03. The Morgan fingerprint density at radius 2 is 1.95 bits per heavy atom. The summed E-state index contributed by atoms with van der Waals surface area (Å²) in [6.45, 7) is 5.87. The Morgan fingerprint density at radius 1 is 1.23 bits per heavy atom. The Labute approximate surface area is 135 Å². The van der Waals surface area contributed by atoms with Crippen molar-refractivity contribution in [3.05, 3.63) is 11.3 Å². The summed E-state index contributed by atoms with van der Waals surface area (Å²) >= 11 is 4.25. The largest absolute Gasteiger partial charge is 0.493 e. The van der Waals surface area contributed by atoms with Crippen LogP contribution in [0.2, 0.25) is 0 Å². The van der Waals surface area contributed by atoms with Crippen LogP contribution in [0.15, 0.2) is 5.16 Å². The number of aromatic nitrogens is 2. The van der Waals surface area contributed by atoms with E-state index in [-0.39, 0.29) is 11.3 Å². The first-order valence-corrected chi connectivity index (χ1v) is 8.48. The number of hydrogen-bond acceptors (Lipinski definition) is 6. The number of aromatic hydroxyl groups is 1. The fraction of sp³-hybridized carbons (Fsp3) is 0.750. The van der Waals surface area contributed by atoms with Crippen LogP contribution in [0.5, 0.6) is 5.88 Å². The number of ether oxygens (including phenoxy) is 2. The van der Waals surface area contributed by atoms with Crippen molar-refractivity contribution in [2.24, 2.45) is 11.8 Å². The lowest BCUT2D eigenvalue weighted by Crippen LogP contribution is -2.55. The van der Waals surface area contributed by atoms with E-state index in [1.54, 1.807) is 0 Å². The molecule has 5 nitrogen and oxygen atoms in total. The summed E-state index contributed by atoms with van der Waals surface area (Å²) in [7, 11) is 0. The van der Waals surface area contributed by atoms with Gasteiger partial charge < -0.3 is 14.6 Å². The Morgan fingerprint density at radius 3 is 2.68 bits per heavy atom. The van der Waals surface area contributed by atoms with Crippen molar-refractivity contribution in [1.82, 2.24) is 9.97 Å². The second kappa shape index (κ2) is 4.82. The van der Waals surface area contributed by atoms with Crippen LogP contribution in [0.4, 0.5) is 0 Å². The third kappa shape index (κ3) is 1.87. The maximum Gasteiger partial charge on any atom is 0.218 e. The molecule has 0 aromatic carbocycles. The Kier molecular flexibility index (Phi) is 3.23. The molecule has 0 radical (unpaired) electrons. The molecule has 1 aromatic heterocycles. The van der Waals surface area contributed by atoms with Crippen LogP contribution in [-0.4, -0.2) is 34.1 Å². The summed E-state index contributed by atoms with van der Waals surface area (Å²) in [6.07, 6.45) is 3.61. The zero-order valence-electron chi connectivity index (χ0n) is 13.0. The molecule has 1 spiro atoms. The molecule has 1 saturated heterocycles. The average Bonchev–Trinajstić information content (AvgIpc) is 2.94. The monoisotopic (exact) mass is 322 g/mol. The Balaban J connectivity index is 1.78. The van der Waals surface area contributed by atoms with Gasteiger partial charge in [-0.2, -0.15) is 4.98 Å². The number of nitrogens with zero attached hydrogens (tertiary/aromatic N) is 2. The third-order valence-electron chi connectivity index (χ3n) is 6.10. The molecule has 3 atom stereocenters. The molecule has 1 saturated carbocycles. The normalized spacial score (nSPS) is 36.1. The Bertz CT molecular complexity index is 618. The predicted octanol–water partition coefficient (Wildman–Crippen LogP) is 2.46. The van der Waals surface area contributed by atoms with Gasteiger partial charge in [0.05, 0.1) is 18.9 Å². The van der Waals surface area contributed by atoms with Gasteiger partial charge in [-0.15, -0.1) is 12.6 Å². The van der Waals surface area contributed by atoms with E-state index in [1.165, 1.54) is 0 Å². The molecule has 1 aliphatic heterocycles. The Hall–Kier alpha value is -0.850. The molecule has 22 heavy (non-hydrogen) atoms. The van der Waals surface area contributed by atoms with E-state index in [4.69, 9.17) is 9.47 Å². The zero-order chi connectivity index (χ0) is 15.5. The van der Waals surface area contributed by atoms with Gasteiger partial charge in [0.25, 0.3) is 0 Å². The van der Waals surface area contributed by atoms with Crippen molar-refractivity contribution in [2.45, 2.75) is 55.9 Å². The molecule has 4 rings (SSSR count). The molecule has 2 fully saturated rings. The van der Waals surface area contributed by atoms with Crippen molar-refractivity contribution in [2.75, 3.05) is 13.2 Å². The van der Waals surface area contributed by atoms with Crippen LogP contribution < -0.4 is 0 Å². The van der Waals surface area contributed by atoms with Crippen LogP contribution >= 0.6 is 12.6 Å². The van der Waals surface area contributed by atoms with Gasteiger partial charge in [-0.05, 0) is 25.2 Å². The molecule has 3 aliphatic rings. The van der Waals surface area contributed by atoms with E-state index >= 15 is 0 Å². The van der Waals surface area contributed by atoms with Crippen molar-refractivity contribution in [3.63, 3.8) is 0 Å².